The molecule has 7 heteroatoms. The number of nitriles is 2. The van der Waals surface area contributed by atoms with Gasteiger partial charge in [0.2, 0.25) is 0 Å². The number of benzene rings is 1. The zero-order valence-electron chi connectivity index (χ0n) is 16.2. The molecule has 1 unspecified atom stereocenters. The molecule has 1 aliphatic heterocycles. The SMILES string of the molecule is CCc1c(C#N)c(SC(C=O)c2ccccc2)nc(N2CCC(O)CC2)c1C#N. The summed E-state index contributed by atoms with van der Waals surface area (Å²) in [7, 11) is 0. The number of carbonyl (C=O) groups is 1. The van der Waals surface area contributed by atoms with Crippen LogP contribution in [0.25, 0.3) is 0 Å². The van der Waals surface area contributed by atoms with Gasteiger partial charge in [0.15, 0.2) is 0 Å². The first-order valence-electron chi connectivity index (χ1n) is 9.59. The van der Waals surface area contributed by atoms with Gasteiger partial charge in [-0.25, -0.2) is 4.98 Å². The van der Waals surface area contributed by atoms with Crippen LogP contribution in [0.2, 0.25) is 0 Å². The third-order valence-corrected chi connectivity index (χ3v) is 6.24. The van der Waals surface area contributed by atoms with Gasteiger partial charge in [0, 0.05) is 13.1 Å². The van der Waals surface area contributed by atoms with Crippen molar-refractivity contribution in [3.05, 3.63) is 52.6 Å². The van der Waals surface area contributed by atoms with Gasteiger partial charge in [-0.3, -0.25) is 0 Å². The van der Waals surface area contributed by atoms with Gasteiger partial charge in [-0.15, -0.1) is 0 Å². The molecule has 6 nitrogen and oxygen atoms in total. The van der Waals surface area contributed by atoms with E-state index in [0.29, 0.717) is 59.9 Å². The highest BCUT2D eigenvalue weighted by Crippen LogP contribution is 2.39. The third-order valence-electron chi connectivity index (χ3n) is 5.08. The predicted octanol–water partition coefficient (Wildman–Crippen LogP) is 3.38. The van der Waals surface area contributed by atoms with Crippen molar-refractivity contribution in [2.45, 2.75) is 42.6 Å². The summed E-state index contributed by atoms with van der Waals surface area (Å²) in [6.45, 7) is 3.10. The molecule has 0 bridgehead atoms. The van der Waals surface area contributed by atoms with Gasteiger partial charge in [0.1, 0.15) is 29.3 Å². The maximum Gasteiger partial charge on any atom is 0.148 e. The first-order valence-corrected chi connectivity index (χ1v) is 10.5. The van der Waals surface area contributed by atoms with Crippen LogP contribution in [0.1, 0.15) is 47.3 Å². The molecular formula is C22H22N4O2S. The Balaban J connectivity index is 2.08. The number of nitrogens with zero attached hydrogens (tertiary/aromatic N) is 4. The van der Waals surface area contributed by atoms with E-state index >= 15 is 0 Å². The first-order chi connectivity index (χ1) is 14.1. The molecule has 0 aliphatic carbocycles. The van der Waals surface area contributed by atoms with Crippen LogP contribution in [0.4, 0.5) is 5.82 Å². The molecule has 2 aromatic rings. The van der Waals surface area contributed by atoms with Crippen LogP contribution in [-0.2, 0) is 11.2 Å². The summed E-state index contributed by atoms with van der Waals surface area (Å²) in [5.74, 6) is 0.537. The average molecular weight is 407 g/mol. The lowest BCUT2D eigenvalue weighted by Crippen LogP contribution is -2.37. The van der Waals surface area contributed by atoms with Crippen molar-refractivity contribution in [1.82, 2.24) is 4.98 Å². The summed E-state index contributed by atoms with van der Waals surface area (Å²) in [5, 5.41) is 29.4. The van der Waals surface area contributed by atoms with Crippen molar-refractivity contribution in [2.75, 3.05) is 18.0 Å². The molecule has 1 aromatic heterocycles. The quantitative estimate of drug-likeness (QED) is 0.580. The molecule has 3 rings (SSSR count). The Hall–Kier alpha value is -2.87. The molecular weight excluding hydrogens is 384 g/mol. The molecule has 1 N–H and O–H groups in total. The normalized spacial score (nSPS) is 15.4. The number of piperidine rings is 1. The fourth-order valence-electron chi connectivity index (χ4n) is 3.51. The predicted molar refractivity (Wildman–Crippen MR) is 112 cm³/mol. The highest BCUT2D eigenvalue weighted by atomic mass is 32.2. The number of aldehydes is 1. The molecule has 1 saturated heterocycles. The fourth-order valence-corrected chi connectivity index (χ4v) is 4.53. The van der Waals surface area contributed by atoms with E-state index in [1.54, 1.807) is 0 Å². The van der Waals surface area contributed by atoms with Gasteiger partial charge in [-0.05, 0) is 30.4 Å². The molecule has 0 saturated carbocycles. The lowest BCUT2D eigenvalue weighted by molar-refractivity contribution is -0.107. The van der Waals surface area contributed by atoms with E-state index in [2.05, 4.69) is 17.1 Å². The maximum atomic E-state index is 11.8. The van der Waals surface area contributed by atoms with E-state index in [9.17, 15) is 20.4 Å². The van der Waals surface area contributed by atoms with Crippen LogP contribution in [-0.4, -0.2) is 35.6 Å². The number of aliphatic hydroxyl groups is 1. The Labute approximate surface area is 174 Å². The highest BCUT2D eigenvalue weighted by Gasteiger charge is 2.27. The Kier molecular flexibility index (Phi) is 6.87. The number of thioether (sulfide) groups is 1. The van der Waals surface area contributed by atoms with E-state index in [4.69, 9.17) is 0 Å². The smallest absolute Gasteiger partial charge is 0.148 e. The molecule has 1 aliphatic rings. The molecule has 0 spiro atoms. The monoisotopic (exact) mass is 406 g/mol. The number of hydrogen-bond acceptors (Lipinski definition) is 7. The van der Waals surface area contributed by atoms with Crippen LogP contribution in [0, 0.1) is 22.7 Å². The minimum Gasteiger partial charge on any atom is -0.393 e. The molecule has 2 heterocycles. The van der Waals surface area contributed by atoms with Crippen molar-refractivity contribution in [3.8, 4) is 12.1 Å². The molecule has 1 fully saturated rings. The van der Waals surface area contributed by atoms with Gasteiger partial charge in [0.25, 0.3) is 0 Å². The second-order valence-corrected chi connectivity index (χ2v) is 7.98. The highest BCUT2D eigenvalue weighted by molar-refractivity contribution is 8.00. The summed E-state index contributed by atoms with van der Waals surface area (Å²) in [6.07, 6.45) is 2.24. The van der Waals surface area contributed by atoms with Gasteiger partial charge in [0.05, 0.1) is 22.5 Å². The van der Waals surface area contributed by atoms with E-state index in [1.165, 1.54) is 11.8 Å². The summed E-state index contributed by atoms with van der Waals surface area (Å²) < 4.78 is 0. The topological polar surface area (TPSA) is 101 Å². The Morgan fingerprint density at radius 1 is 1.24 bits per heavy atom. The molecule has 1 aromatic carbocycles. The van der Waals surface area contributed by atoms with Gasteiger partial charge in [-0.2, -0.15) is 10.5 Å². The zero-order valence-corrected chi connectivity index (χ0v) is 17.0. The second-order valence-electron chi connectivity index (χ2n) is 6.85. The first kappa shape index (κ1) is 20.9. The Morgan fingerprint density at radius 3 is 2.45 bits per heavy atom. The van der Waals surface area contributed by atoms with Gasteiger partial charge >= 0.3 is 0 Å². The summed E-state index contributed by atoms with van der Waals surface area (Å²) in [4.78, 5) is 18.5. The standard InChI is InChI=1S/C22H22N4O2S/c1-2-17-18(12-23)21(26-10-8-16(28)9-11-26)25-22(19(17)13-24)29-20(14-27)15-6-4-3-5-7-15/h3-7,14,16,20,28H,2,8-11H2,1H3. The van der Waals surface area contributed by atoms with Crippen molar-refractivity contribution < 1.29 is 9.90 Å². The third kappa shape index (κ3) is 4.42. The molecule has 148 valence electrons. The largest absolute Gasteiger partial charge is 0.393 e. The van der Waals surface area contributed by atoms with E-state index < -0.39 is 5.25 Å². The van der Waals surface area contributed by atoms with Crippen molar-refractivity contribution >= 4 is 23.9 Å². The summed E-state index contributed by atoms with van der Waals surface area (Å²) in [6, 6.07) is 13.8. The van der Waals surface area contributed by atoms with E-state index in [-0.39, 0.29) is 6.10 Å². The van der Waals surface area contributed by atoms with Gasteiger partial charge < -0.3 is 14.8 Å². The minimum atomic E-state index is -0.496. The van der Waals surface area contributed by atoms with Crippen LogP contribution in [0.3, 0.4) is 0 Å². The van der Waals surface area contributed by atoms with Crippen molar-refractivity contribution in [1.29, 1.82) is 10.5 Å². The van der Waals surface area contributed by atoms with Crippen molar-refractivity contribution in [2.24, 2.45) is 0 Å². The fraction of sp³-hybridized carbons (Fsp3) is 0.364. The van der Waals surface area contributed by atoms with Crippen LogP contribution >= 0.6 is 11.8 Å². The maximum absolute atomic E-state index is 11.8. The molecule has 0 amide bonds. The number of carbonyl (C=O) groups excluding carboxylic acids is 1. The lowest BCUT2D eigenvalue weighted by atomic mass is 10.0. The van der Waals surface area contributed by atoms with E-state index in [1.807, 2.05) is 42.2 Å². The average Bonchev–Trinajstić information content (AvgIpc) is 2.77. The molecule has 0 radical (unpaired) electrons. The van der Waals surface area contributed by atoms with Crippen LogP contribution in [0.5, 0.6) is 0 Å². The summed E-state index contributed by atoms with van der Waals surface area (Å²) in [5.41, 5.74) is 2.26. The van der Waals surface area contributed by atoms with Gasteiger partial charge in [-0.1, -0.05) is 49.0 Å². The number of aromatic nitrogens is 1. The minimum absolute atomic E-state index is 0.341. The van der Waals surface area contributed by atoms with Crippen LogP contribution in [0.15, 0.2) is 35.4 Å². The number of rotatable bonds is 6. The number of pyridine rings is 1. The van der Waals surface area contributed by atoms with E-state index in [0.717, 1.165) is 11.8 Å². The Morgan fingerprint density at radius 2 is 1.90 bits per heavy atom. The lowest BCUT2D eigenvalue weighted by Gasteiger charge is -2.32. The molecule has 29 heavy (non-hydrogen) atoms. The number of hydrogen-bond donors (Lipinski definition) is 1. The van der Waals surface area contributed by atoms with Crippen LogP contribution < -0.4 is 4.90 Å². The molecule has 1 atom stereocenters. The number of aliphatic hydroxyl groups excluding tert-OH is 1. The summed E-state index contributed by atoms with van der Waals surface area (Å²) >= 11 is 1.23. The number of anilines is 1. The second kappa shape index (κ2) is 9.56. The Bertz CT molecular complexity index is 958. The zero-order chi connectivity index (χ0) is 20.8. The van der Waals surface area contributed by atoms with Crippen molar-refractivity contribution in [3.63, 3.8) is 0 Å².